The molecule has 2 aromatic rings. The summed E-state index contributed by atoms with van der Waals surface area (Å²) in [6.07, 6.45) is 0. The molecule has 1 N–H and O–H groups in total. The molecule has 0 radical (unpaired) electrons. The number of benzene rings is 2. The normalized spacial score (nSPS) is 11.4. The van der Waals surface area contributed by atoms with Gasteiger partial charge in [-0.15, -0.1) is 0 Å². The first-order valence-corrected chi connectivity index (χ1v) is 8.72. The van der Waals surface area contributed by atoms with Crippen LogP contribution in [0.3, 0.4) is 0 Å². The molecule has 0 atom stereocenters. The first-order chi connectivity index (χ1) is 10.4. The van der Waals surface area contributed by atoms with Crippen LogP contribution in [0.1, 0.15) is 22.3 Å². The minimum Gasteiger partial charge on any atom is -0.496 e. The minimum atomic E-state index is -3.37. The summed E-state index contributed by atoms with van der Waals surface area (Å²) >= 11 is 0. The van der Waals surface area contributed by atoms with Gasteiger partial charge in [0.2, 0.25) is 10.0 Å². The van der Waals surface area contributed by atoms with E-state index in [-0.39, 0.29) is 12.3 Å². The van der Waals surface area contributed by atoms with Gasteiger partial charge in [-0.1, -0.05) is 36.4 Å². The molecule has 0 heterocycles. The van der Waals surface area contributed by atoms with Crippen molar-refractivity contribution in [1.82, 2.24) is 4.72 Å². The van der Waals surface area contributed by atoms with Gasteiger partial charge in [-0.05, 0) is 42.2 Å². The van der Waals surface area contributed by atoms with E-state index in [9.17, 15) is 8.42 Å². The van der Waals surface area contributed by atoms with Gasteiger partial charge < -0.3 is 4.74 Å². The molecule has 2 rings (SSSR count). The van der Waals surface area contributed by atoms with Gasteiger partial charge in [0.05, 0.1) is 12.9 Å². The van der Waals surface area contributed by atoms with E-state index in [0.29, 0.717) is 0 Å². The molecule has 0 aromatic heterocycles. The van der Waals surface area contributed by atoms with E-state index in [1.54, 1.807) is 7.11 Å². The topological polar surface area (TPSA) is 55.4 Å². The molecule has 0 bridgehead atoms. The Morgan fingerprint density at radius 2 is 1.77 bits per heavy atom. The highest BCUT2D eigenvalue weighted by Crippen LogP contribution is 2.18. The molecule has 0 aliphatic carbocycles. The maximum absolute atomic E-state index is 12.2. The fraction of sp³-hybridized carbons (Fsp3) is 0.294. The van der Waals surface area contributed by atoms with Crippen LogP contribution in [-0.4, -0.2) is 15.5 Å². The molecule has 0 aliphatic heterocycles. The number of aryl methyl sites for hydroxylation is 2. The van der Waals surface area contributed by atoms with Crippen LogP contribution in [0.15, 0.2) is 42.5 Å². The van der Waals surface area contributed by atoms with E-state index < -0.39 is 10.0 Å². The van der Waals surface area contributed by atoms with Crippen LogP contribution in [0.4, 0.5) is 0 Å². The summed E-state index contributed by atoms with van der Waals surface area (Å²) in [6.45, 7) is 4.13. The van der Waals surface area contributed by atoms with Crippen molar-refractivity contribution < 1.29 is 13.2 Å². The second-order valence-corrected chi connectivity index (χ2v) is 7.12. The number of hydrogen-bond acceptors (Lipinski definition) is 3. The summed E-state index contributed by atoms with van der Waals surface area (Å²) in [4.78, 5) is 0. The monoisotopic (exact) mass is 319 g/mol. The lowest BCUT2D eigenvalue weighted by molar-refractivity contribution is 0.411. The van der Waals surface area contributed by atoms with Crippen LogP contribution < -0.4 is 9.46 Å². The third-order valence-electron chi connectivity index (χ3n) is 3.56. The Balaban J connectivity index is 2.04. The highest BCUT2D eigenvalue weighted by molar-refractivity contribution is 7.88. The van der Waals surface area contributed by atoms with Gasteiger partial charge in [0.15, 0.2) is 0 Å². The van der Waals surface area contributed by atoms with Crippen LogP contribution in [0.2, 0.25) is 0 Å². The van der Waals surface area contributed by atoms with Crippen LogP contribution in [0.5, 0.6) is 5.75 Å². The molecule has 0 fully saturated rings. The second kappa shape index (κ2) is 6.94. The van der Waals surface area contributed by atoms with Crippen molar-refractivity contribution in [3.05, 3.63) is 64.7 Å². The SMILES string of the molecule is COc1ccc(CNS(=O)(=O)Cc2ccccc2C)cc1C. The lowest BCUT2D eigenvalue weighted by Crippen LogP contribution is -2.25. The minimum absolute atomic E-state index is 0.00515. The molecule has 22 heavy (non-hydrogen) atoms. The average molecular weight is 319 g/mol. The van der Waals surface area contributed by atoms with Crippen molar-refractivity contribution in [2.45, 2.75) is 26.1 Å². The summed E-state index contributed by atoms with van der Waals surface area (Å²) in [5.74, 6) is 0.793. The predicted molar refractivity (Wildman–Crippen MR) is 88.4 cm³/mol. The summed E-state index contributed by atoms with van der Waals surface area (Å²) in [7, 11) is -1.75. The van der Waals surface area contributed by atoms with Gasteiger partial charge in [0.25, 0.3) is 0 Å². The fourth-order valence-electron chi connectivity index (χ4n) is 2.27. The molecular weight excluding hydrogens is 298 g/mol. The van der Waals surface area contributed by atoms with Gasteiger partial charge in [-0.25, -0.2) is 13.1 Å². The Morgan fingerprint density at radius 1 is 1.05 bits per heavy atom. The standard InChI is InChI=1S/C17H21NO3S/c1-13-6-4-5-7-16(13)12-22(19,20)18-11-15-8-9-17(21-3)14(2)10-15/h4-10,18H,11-12H2,1-3H3. The third-order valence-corrected chi connectivity index (χ3v) is 4.84. The second-order valence-electron chi connectivity index (χ2n) is 5.31. The summed E-state index contributed by atoms with van der Waals surface area (Å²) in [6, 6.07) is 13.1. The molecule has 0 aliphatic rings. The van der Waals surface area contributed by atoms with Crippen molar-refractivity contribution in [2.24, 2.45) is 0 Å². The third kappa shape index (κ3) is 4.32. The molecule has 118 valence electrons. The first kappa shape index (κ1) is 16.5. The Labute approximate surface area is 132 Å². The van der Waals surface area contributed by atoms with Gasteiger partial charge in [0, 0.05) is 6.54 Å². The molecular formula is C17H21NO3S. The van der Waals surface area contributed by atoms with Gasteiger partial charge in [-0.2, -0.15) is 0 Å². The lowest BCUT2D eigenvalue weighted by Gasteiger charge is -2.10. The first-order valence-electron chi connectivity index (χ1n) is 7.06. The number of hydrogen-bond donors (Lipinski definition) is 1. The zero-order chi connectivity index (χ0) is 16.2. The van der Waals surface area contributed by atoms with E-state index in [1.807, 2.05) is 56.3 Å². The van der Waals surface area contributed by atoms with E-state index >= 15 is 0 Å². The number of sulfonamides is 1. The predicted octanol–water partition coefficient (Wildman–Crippen LogP) is 2.93. The molecule has 0 saturated carbocycles. The maximum Gasteiger partial charge on any atom is 0.216 e. The van der Waals surface area contributed by atoms with Gasteiger partial charge in [0.1, 0.15) is 5.75 Å². The zero-order valence-electron chi connectivity index (χ0n) is 13.1. The maximum atomic E-state index is 12.2. The van der Waals surface area contributed by atoms with Crippen LogP contribution in [-0.2, 0) is 22.3 Å². The van der Waals surface area contributed by atoms with E-state index in [2.05, 4.69) is 4.72 Å². The van der Waals surface area contributed by atoms with Crippen molar-refractivity contribution in [2.75, 3.05) is 7.11 Å². The quantitative estimate of drug-likeness (QED) is 0.890. The van der Waals surface area contributed by atoms with Crippen molar-refractivity contribution in [1.29, 1.82) is 0 Å². The number of methoxy groups -OCH3 is 1. The van der Waals surface area contributed by atoms with Crippen molar-refractivity contribution in [3.8, 4) is 5.75 Å². The number of nitrogens with one attached hydrogen (secondary N) is 1. The van der Waals surface area contributed by atoms with Crippen LogP contribution >= 0.6 is 0 Å². The Bertz CT molecular complexity index is 754. The lowest BCUT2D eigenvalue weighted by atomic mass is 10.1. The van der Waals surface area contributed by atoms with E-state index in [1.165, 1.54) is 0 Å². The Hall–Kier alpha value is -1.85. The molecule has 0 spiro atoms. The van der Waals surface area contributed by atoms with Crippen molar-refractivity contribution in [3.63, 3.8) is 0 Å². The Kier molecular flexibility index (Phi) is 5.21. The molecule has 5 heteroatoms. The van der Waals surface area contributed by atoms with Crippen molar-refractivity contribution >= 4 is 10.0 Å². The summed E-state index contributed by atoms with van der Waals surface area (Å²) in [5.41, 5.74) is 3.69. The van der Waals surface area contributed by atoms with Gasteiger partial charge >= 0.3 is 0 Å². The number of ether oxygens (including phenoxy) is 1. The highest BCUT2D eigenvalue weighted by atomic mass is 32.2. The largest absolute Gasteiger partial charge is 0.496 e. The molecule has 4 nitrogen and oxygen atoms in total. The van der Waals surface area contributed by atoms with E-state index in [0.717, 1.165) is 28.0 Å². The summed E-state index contributed by atoms with van der Waals surface area (Å²) in [5, 5.41) is 0. The fourth-order valence-corrected chi connectivity index (χ4v) is 3.49. The average Bonchev–Trinajstić information content (AvgIpc) is 2.48. The Morgan fingerprint density at radius 3 is 2.41 bits per heavy atom. The molecule has 0 amide bonds. The highest BCUT2D eigenvalue weighted by Gasteiger charge is 2.13. The summed E-state index contributed by atoms with van der Waals surface area (Å²) < 4.78 is 32.2. The molecule has 2 aromatic carbocycles. The zero-order valence-corrected chi connectivity index (χ0v) is 13.9. The number of rotatable bonds is 6. The van der Waals surface area contributed by atoms with Crippen LogP contribution in [0, 0.1) is 13.8 Å². The van der Waals surface area contributed by atoms with Crippen LogP contribution in [0.25, 0.3) is 0 Å². The van der Waals surface area contributed by atoms with Gasteiger partial charge in [-0.3, -0.25) is 0 Å². The molecule has 0 saturated heterocycles. The van der Waals surface area contributed by atoms with E-state index in [4.69, 9.17) is 4.74 Å². The smallest absolute Gasteiger partial charge is 0.216 e. The molecule has 0 unspecified atom stereocenters.